The molecule has 0 saturated heterocycles. The van der Waals surface area contributed by atoms with E-state index in [9.17, 15) is 0 Å². The van der Waals surface area contributed by atoms with Crippen molar-refractivity contribution in [2.75, 3.05) is 5.73 Å². The number of nitriles is 1. The smallest absolute Gasteiger partial charge is 0.163 e. The molecule has 1 aromatic carbocycles. The molecular formula is C11H10N4O. The second kappa shape index (κ2) is 4.04. The average molecular weight is 214 g/mol. The molecule has 0 amide bonds. The Balaban J connectivity index is 2.47. The predicted octanol–water partition coefficient (Wildman–Crippen LogP) is 1.02. The van der Waals surface area contributed by atoms with Crippen molar-refractivity contribution >= 4 is 5.82 Å². The topological polar surface area (TPSA) is 98.7 Å². The van der Waals surface area contributed by atoms with E-state index >= 15 is 0 Å². The number of H-pyrrole nitrogens is 1. The van der Waals surface area contributed by atoms with Gasteiger partial charge in [-0.05, 0) is 5.56 Å². The van der Waals surface area contributed by atoms with Crippen molar-refractivity contribution in [1.29, 1.82) is 5.26 Å². The van der Waals surface area contributed by atoms with Gasteiger partial charge >= 0.3 is 0 Å². The number of nitrogens with two attached hydrogens (primary N) is 1. The van der Waals surface area contributed by atoms with E-state index in [0.29, 0.717) is 11.3 Å². The fraction of sp³-hybridized carbons (Fsp3) is 0.0909. The standard InChI is InChI=1S/C11H10N4O/c12-5-9-10(14-15-11(9)13)8-3-1-7(6-16)2-4-8/h1-4,16H,6H2,(H3,13,14,15). The molecule has 1 heterocycles. The first-order valence-electron chi connectivity index (χ1n) is 4.70. The van der Waals surface area contributed by atoms with Gasteiger partial charge in [0.05, 0.1) is 12.3 Å². The van der Waals surface area contributed by atoms with Crippen LogP contribution in [0.2, 0.25) is 0 Å². The van der Waals surface area contributed by atoms with Crippen molar-refractivity contribution in [3.8, 4) is 17.3 Å². The Morgan fingerprint density at radius 1 is 1.38 bits per heavy atom. The van der Waals surface area contributed by atoms with Crippen LogP contribution >= 0.6 is 0 Å². The highest BCUT2D eigenvalue weighted by atomic mass is 16.3. The van der Waals surface area contributed by atoms with Crippen LogP contribution in [0.5, 0.6) is 0 Å². The molecule has 5 nitrogen and oxygen atoms in total. The van der Waals surface area contributed by atoms with Crippen LogP contribution in [0.25, 0.3) is 11.3 Å². The van der Waals surface area contributed by atoms with E-state index in [0.717, 1.165) is 11.1 Å². The zero-order valence-electron chi connectivity index (χ0n) is 8.44. The molecule has 0 unspecified atom stereocenters. The minimum absolute atomic E-state index is 0.00347. The third kappa shape index (κ3) is 1.62. The Labute approximate surface area is 92.1 Å². The van der Waals surface area contributed by atoms with Crippen molar-refractivity contribution in [2.45, 2.75) is 6.61 Å². The molecular weight excluding hydrogens is 204 g/mol. The van der Waals surface area contributed by atoms with Crippen molar-refractivity contribution in [3.63, 3.8) is 0 Å². The lowest BCUT2D eigenvalue weighted by molar-refractivity contribution is 0.282. The number of hydrogen-bond acceptors (Lipinski definition) is 4. The van der Waals surface area contributed by atoms with Crippen molar-refractivity contribution in [3.05, 3.63) is 35.4 Å². The maximum atomic E-state index is 8.92. The summed E-state index contributed by atoms with van der Waals surface area (Å²) in [6.07, 6.45) is 0. The molecule has 4 N–H and O–H groups in total. The Morgan fingerprint density at radius 2 is 2.06 bits per heavy atom. The number of aromatic nitrogens is 2. The maximum absolute atomic E-state index is 8.92. The van der Waals surface area contributed by atoms with Gasteiger partial charge in [-0.25, -0.2) is 0 Å². The molecule has 0 spiro atoms. The summed E-state index contributed by atoms with van der Waals surface area (Å²) in [6, 6.07) is 9.18. The molecule has 2 rings (SSSR count). The van der Waals surface area contributed by atoms with Gasteiger partial charge in [0, 0.05) is 5.56 Å². The summed E-state index contributed by atoms with van der Waals surface area (Å²) in [4.78, 5) is 0. The van der Waals surface area contributed by atoms with E-state index in [2.05, 4.69) is 10.2 Å². The molecule has 1 aromatic heterocycles. The number of benzene rings is 1. The van der Waals surface area contributed by atoms with Gasteiger partial charge in [0.15, 0.2) is 5.82 Å². The molecule has 2 aromatic rings. The average Bonchev–Trinajstić information content (AvgIpc) is 2.70. The van der Waals surface area contributed by atoms with Crippen LogP contribution in [-0.2, 0) is 6.61 Å². The van der Waals surface area contributed by atoms with Crippen molar-refractivity contribution < 1.29 is 5.11 Å². The van der Waals surface area contributed by atoms with Crippen LogP contribution in [0.1, 0.15) is 11.1 Å². The number of aromatic amines is 1. The summed E-state index contributed by atoms with van der Waals surface area (Å²) in [7, 11) is 0. The van der Waals surface area contributed by atoms with Gasteiger partial charge in [-0.3, -0.25) is 5.10 Å². The highest BCUT2D eigenvalue weighted by Crippen LogP contribution is 2.24. The number of nitrogen functional groups attached to an aromatic ring is 1. The number of nitrogens with zero attached hydrogens (tertiary/aromatic N) is 2. The Morgan fingerprint density at radius 3 is 2.62 bits per heavy atom. The number of nitrogens with one attached hydrogen (secondary N) is 1. The molecule has 0 aliphatic heterocycles. The molecule has 80 valence electrons. The van der Waals surface area contributed by atoms with Crippen molar-refractivity contribution in [1.82, 2.24) is 10.2 Å². The largest absolute Gasteiger partial charge is 0.392 e. The summed E-state index contributed by atoms with van der Waals surface area (Å²) >= 11 is 0. The van der Waals surface area contributed by atoms with E-state index in [1.165, 1.54) is 0 Å². The minimum atomic E-state index is -0.00347. The predicted molar refractivity (Wildman–Crippen MR) is 59.1 cm³/mol. The van der Waals surface area contributed by atoms with E-state index in [1.54, 1.807) is 24.3 Å². The first-order chi connectivity index (χ1) is 7.76. The van der Waals surface area contributed by atoms with Gasteiger partial charge in [0.2, 0.25) is 0 Å². The van der Waals surface area contributed by atoms with Crippen LogP contribution in [-0.4, -0.2) is 15.3 Å². The minimum Gasteiger partial charge on any atom is -0.392 e. The van der Waals surface area contributed by atoms with Gasteiger partial charge < -0.3 is 10.8 Å². The van der Waals surface area contributed by atoms with Crippen molar-refractivity contribution in [2.24, 2.45) is 0 Å². The molecule has 0 fully saturated rings. The Hall–Kier alpha value is -2.32. The van der Waals surface area contributed by atoms with Gasteiger partial charge in [-0.2, -0.15) is 10.4 Å². The fourth-order valence-electron chi connectivity index (χ4n) is 1.45. The second-order valence-corrected chi connectivity index (χ2v) is 3.33. The molecule has 0 aliphatic carbocycles. The molecule has 0 bridgehead atoms. The number of aliphatic hydroxyl groups excluding tert-OH is 1. The van der Waals surface area contributed by atoms with Gasteiger partial charge in [0.25, 0.3) is 0 Å². The van der Waals surface area contributed by atoms with Crippen LogP contribution in [0, 0.1) is 11.3 Å². The monoisotopic (exact) mass is 214 g/mol. The summed E-state index contributed by atoms with van der Waals surface area (Å²) in [6.45, 7) is -0.00347. The van der Waals surface area contributed by atoms with E-state index in [-0.39, 0.29) is 12.4 Å². The third-order valence-electron chi connectivity index (χ3n) is 2.33. The second-order valence-electron chi connectivity index (χ2n) is 3.33. The molecule has 0 aliphatic rings. The molecule has 0 radical (unpaired) electrons. The number of rotatable bonds is 2. The van der Waals surface area contributed by atoms with E-state index in [1.807, 2.05) is 6.07 Å². The molecule has 5 heteroatoms. The maximum Gasteiger partial charge on any atom is 0.163 e. The van der Waals surface area contributed by atoms with Crippen LogP contribution < -0.4 is 5.73 Å². The summed E-state index contributed by atoms with van der Waals surface area (Å²) in [5.41, 5.74) is 8.12. The highest BCUT2D eigenvalue weighted by Gasteiger charge is 2.11. The molecule has 16 heavy (non-hydrogen) atoms. The number of anilines is 1. The Kier molecular flexibility index (Phi) is 2.58. The van der Waals surface area contributed by atoms with E-state index in [4.69, 9.17) is 16.1 Å². The van der Waals surface area contributed by atoms with Gasteiger partial charge in [-0.1, -0.05) is 24.3 Å². The quantitative estimate of drug-likeness (QED) is 0.695. The zero-order valence-corrected chi connectivity index (χ0v) is 8.44. The third-order valence-corrected chi connectivity index (χ3v) is 2.33. The lowest BCUT2D eigenvalue weighted by Crippen LogP contribution is -1.88. The molecule has 0 atom stereocenters. The first-order valence-corrected chi connectivity index (χ1v) is 4.70. The lowest BCUT2D eigenvalue weighted by atomic mass is 10.1. The number of aliphatic hydroxyl groups is 1. The van der Waals surface area contributed by atoms with E-state index < -0.39 is 0 Å². The lowest BCUT2D eigenvalue weighted by Gasteiger charge is -2.00. The highest BCUT2D eigenvalue weighted by molar-refractivity contribution is 5.72. The van der Waals surface area contributed by atoms with Gasteiger partial charge in [0.1, 0.15) is 11.6 Å². The van der Waals surface area contributed by atoms with Gasteiger partial charge in [-0.15, -0.1) is 0 Å². The van der Waals surface area contributed by atoms with Crippen LogP contribution in [0.4, 0.5) is 5.82 Å². The van der Waals surface area contributed by atoms with Crippen LogP contribution in [0.3, 0.4) is 0 Å². The molecule has 0 saturated carbocycles. The fourth-order valence-corrected chi connectivity index (χ4v) is 1.45. The zero-order chi connectivity index (χ0) is 11.5. The normalized spacial score (nSPS) is 10.0. The SMILES string of the molecule is N#Cc1c(N)n[nH]c1-c1ccc(CO)cc1. The summed E-state index contributed by atoms with van der Waals surface area (Å²) in [5.74, 6) is 0.198. The Bertz CT molecular complexity index is 536. The first kappa shape index (κ1) is 10.2. The van der Waals surface area contributed by atoms with Crippen LogP contribution in [0.15, 0.2) is 24.3 Å². The summed E-state index contributed by atoms with van der Waals surface area (Å²) in [5, 5.41) is 24.3. The summed E-state index contributed by atoms with van der Waals surface area (Å²) < 4.78 is 0. The number of hydrogen-bond donors (Lipinski definition) is 3.